The predicted octanol–water partition coefficient (Wildman–Crippen LogP) is 4.76. The van der Waals surface area contributed by atoms with Crippen LogP contribution >= 0.6 is 11.6 Å². The number of nitrogens with zero attached hydrogens (tertiary/aromatic N) is 2. The Balaban J connectivity index is 1.46. The van der Waals surface area contributed by atoms with Crippen molar-refractivity contribution < 1.29 is 14.4 Å². The monoisotopic (exact) mass is 448 g/mol. The highest BCUT2D eigenvalue weighted by molar-refractivity contribution is 6.30. The molecular weight excluding hydrogens is 428 g/mol. The summed E-state index contributed by atoms with van der Waals surface area (Å²) in [6.07, 6.45) is 5.36. The van der Waals surface area contributed by atoms with Gasteiger partial charge in [-0.1, -0.05) is 11.6 Å². The lowest BCUT2D eigenvalue weighted by Crippen LogP contribution is -2.35. The molecule has 3 amide bonds. The maximum Gasteiger partial charge on any atom is 0.259 e. The van der Waals surface area contributed by atoms with Gasteiger partial charge in [0.15, 0.2) is 0 Å². The topological polar surface area (TPSA) is 91.4 Å². The van der Waals surface area contributed by atoms with Gasteiger partial charge in [0.05, 0.1) is 11.3 Å². The molecule has 0 radical (unpaired) electrons. The fraction of sp³-hybridized carbons (Fsp3) is 0.167. The molecule has 0 bridgehead atoms. The normalized spacial score (nSPS) is 13.5. The van der Waals surface area contributed by atoms with Crippen molar-refractivity contribution in [1.29, 1.82) is 0 Å². The number of pyridine rings is 1. The Kier molecular flexibility index (Phi) is 6.47. The van der Waals surface area contributed by atoms with Gasteiger partial charge in [-0.15, -0.1) is 0 Å². The highest BCUT2D eigenvalue weighted by Gasteiger charge is 2.20. The van der Waals surface area contributed by atoms with Crippen LogP contribution in [0.15, 0.2) is 67.0 Å². The molecule has 3 aromatic rings. The third-order valence-electron chi connectivity index (χ3n) is 5.18. The second-order valence-corrected chi connectivity index (χ2v) is 7.82. The van der Waals surface area contributed by atoms with E-state index in [-0.39, 0.29) is 17.4 Å². The van der Waals surface area contributed by atoms with Crippen LogP contribution < -0.4 is 15.5 Å². The largest absolute Gasteiger partial charge is 0.322 e. The van der Waals surface area contributed by atoms with E-state index in [1.165, 1.54) is 12.4 Å². The minimum absolute atomic E-state index is 0.115. The summed E-state index contributed by atoms with van der Waals surface area (Å²) in [6.45, 7) is 0.705. The minimum Gasteiger partial charge on any atom is -0.322 e. The van der Waals surface area contributed by atoms with Crippen molar-refractivity contribution >= 4 is 46.4 Å². The maximum absolute atomic E-state index is 12.9. The molecule has 1 aliphatic heterocycles. The molecule has 0 spiro atoms. The van der Waals surface area contributed by atoms with Crippen LogP contribution in [0, 0.1) is 0 Å². The molecule has 1 fully saturated rings. The number of nitrogens with one attached hydrogen (secondary N) is 2. The summed E-state index contributed by atoms with van der Waals surface area (Å²) in [5, 5.41) is 6.08. The Morgan fingerprint density at radius 1 is 0.906 bits per heavy atom. The second-order valence-electron chi connectivity index (χ2n) is 7.39. The first-order chi connectivity index (χ1) is 15.5. The summed E-state index contributed by atoms with van der Waals surface area (Å²) in [5.41, 5.74) is 2.37. The van der Waals surface area contributed by atoms with Crippen molar-refractivity contribution in [3.05, 3.63) is 83.1 Å². The summed E-state index contributed by atoms with van der Waals surface area (Å²) < 4.78 is 0. The van der Waals surface area contributed by atoms with Gasteiger partial charge in [-0.25, -0.2) is 0 Å². The summed E-state index contributed by atoms with van der Waals surface area (Å²) >= 11 is 5.87. The third kappa shape index (κ3) is 4.95. The van der Waals surface area contributed by atoms with Gasteiger partial charge in [0.1, 0.15) is 0 Å². The molecule has 8 heteroatoms. The van der Waals surface area contributed by atoms with Crippen LogP contribution in [0.2, 0.25) is 5.02 Å². The van der Waals surface area contributed by atoms with Crippen LogP contribution in [0.25, 0.3) is 0 Å². The molecule has 0 atom stereocenters. The molecule has 0 aliphatic carbocycles. The lowest BCUT2D eigenvalue weighted by molar-refractivity contribution is -0.119. The molecule has 162 valence electrons. The number of hydrogen-bond donors (Lipinski definition) is 2. The van der Waals surface area contributed by atoms with Crippen LogP contribution in [-0.2, 0) is 4.79 Å². The van der Waals surface area contributed by atoms with Crippen LogP contribution in [0.1, 0.15) is 40.0 Å². The van der Waals surface area contributed by atoms with E-state index in [0.29, 0.717) is 34.9 Å². The average Bonchev–Trinajstić information content (AvgIpc) is 2.81. The molecule has 32 heavy (non-hydrogen) atoms. The Bertz CT molecular complexity index is 1150. The minimum atomic E-state index is -0.411. The van der Waals surface area contributed by atoms with Crippen molar-refractivity contribution in [3.63, 3.8) is 0 Å². The van der Waals surface area contributed by atoms with E-state index in [1.807, 2.05) is 12.1 Å². The first-order valence-electron chi connectivity index (χ1n) is 10.2. The van der Waals surface area contributed by atoms with Gasteiger partial charge in [0.2, 0.25) is 5.91 Å². The summed E-state index contributed by atoms with van der Waals surface area (Å²) in [7, 11) is 0. The second kappa shape index (κ2) is 9.62. The predicted molar refractivity (Wildman–Crippen MR) is 124 cm³/mol. The van der Waals surface area contributed by atoms with Crippen molar-refractivity contribution in [2.45, 2.75) is 19.3 Å². The quantitative estimate of drug-likeness (QED) is 0.588. The van der Waals surface area contributed by atoms with Gasteiger partial charge in [0, 0.05) is 47.3 Å². The maximum atomic E-state index is 12.9. The van der Waals surface area contributed by atoms with Crippen molar-refractivity contribution in [2.75, 3.05) is 22.1 Å². The molecule has 4 rings (SSSR count). The van der Waals surface area contributed by atoms with Gasteiger partial charge in [-0.2, -0.15) is 0 Å². The number of hydrogen-bond acceptors (Lipinski definition) is 4. The van der Waals surface area contributed by atoms with Gasteiger partial charge >= 0.3 is 0 Å². The van der Waals surface area contributed by atoms with Gasteiger partial charge in [-0.3, -0.25) is 19.4 Å². The van der Waals surface area contributed by atoms with Crippen LogP contribution in [0.4, 0.5) is 17.1 Å². The Morgan fingerprint density at radius 3 is 2.38 bits per heavy atom. The number of halogens is 1. The van der Waals surface area contributed by atoms with Gasteiger partial charge < -0.3 is 15.5 Å². The zero-order chi connectivity index (χ0) is 22.5. The summed E-state index contributed by atoms with van der Waals surface area (Å²) in [6, 6.07) is 15.1. The van der Waals surface area contributed by atoms with E-state index in [2.05, 4.69) is 15.6 Å². The van der Waals surface area contributed by atoms with Crippen LogP contribution in [0.5, 0.6) is 0 Å². The fourth-order valence-electron chi connectivity index (χ4n) is 3.48. The molecule has 0 saturated carbocycles. The molecule has 1 aromatic heterocycles. The van der Waals surface area contributed by atoms with Gasteiger partial charge in [-0.05, 0) is 67.4 Å². The van der Waals surface area contributed by atoms with Crippen LogP contribution in [-0.4, -0.2) is 29.3 Å². The number of amides is 3. The van der Waals surface area contributed by atoms with E-state index in [0.717, 1.165) is 18.5 Å². The van der Waals surface area contributed by atoms with E-state index in [9.17, 15) is 14.4 Å². The number of piperidine rings is 1. The highest BCUT2D eigenvalue weighted by atomic mass is 35.5. The molecule has 1 aliphatic rings. The first-order valence-corrected chi connectivity index (χ1v) is 10.6. The van der Waals surface area contributed by atoms with Gasteiger partial charge in [0.25, 0.3) is 11.8 Å². The van der Waals surface area contributed by atoms with E-state index in [4.69, 9.17) is 11.6 Å². The fourth-order valence-corrected chi connectivity index (χ4v) is 3.61. The van der Waals surface area contributed by atoms with E-state index in [1.54, 1.807) is 47.4 Å². The van der Waals surface area contributed by atoms with E-state index >= 15 is 0 Å². The summed E-state index contributed by atoms with van der Waals surface area (Å²) in [4.78, 5) is 43.3. The van der Waals surface area contributed by atoms with Crippen molar-refractivity contribution in [3.8, 4) is 0 Å². The molecule has 1 saturated heterocycles. The number of carbonyl (C=O) groups is 3. The molecule has 2 heterocycles. The van der Waals surface area contributed by atoms with Crippen LogP contribution in [0.3, 0.4) is 0 Å². The Morgan fingerprint density at radius 2 is 1.66 bits per heavy atom. The zero-order valence-electron chi connectivity index (χ0n) is 17.2. The highest BCUT2D eigenvalue weighted by Crippen LogP contribution is 2.24. The summed E-state index contributed by atoms with van der Waals surface area (Å²) in [5.74, 6) is -0.659. The average molecular weight is 449 g/mol. The van der Waals surface area contributed by atoms with E-state index < -0.39 is 5.91 Å². The Hall–Kier alpha value is -3.71. The standard InChI is InChI=1S/C24H21ClN4O3/c25-17-6-4-16(5-7-17)23(31)28-21-12-13-26-15-20(21)24(32)27-18-8-10-19(11-9-18)29-14-2-1-3-22(29)30/h4-13,15H,1-3,14H2,(H,27,32)(H,26,28,31). The number of carbonyl (C=O) groups excluding carboxylic acids is 3. The third-order valence-corrected chi connectivity index (χ3v) is 5.43. The lowest BCUT2D eigenvalue weighted by atomic mass is 10.1. The molecule has 2 aromatic carbocycles. The molecule has 7 nitrogen and oxygen atoms in total. The molecule has 2 N–H and O–H groups in total. The Labute approximate surface area is 190 Å². The zero-order valence-corrected chi connectivity index (χ0v) is 17.9. The molecular formula is C24H21ClN4O3. The smallest absolute Gasteiger partial charge is 0.259 e. The molecule has 0 unspecified atom stereocenters. The SMILES string of the molecule is O=C(Nc1ccncc1C(=O)Nc1ccc(N2CCCCC2=O)cc1)c1ccc(Cl)cc1. The van der Waals surface area contributed by atoms with Crippen molar-refractivity contribution in [2.24, 2.45) is 0 Å². The number of anilines is 3. The first kappa shape index (κ1) is 21.5. The number of benzene rings is 2. The number of rotatable bonds is 5. The number of aromatic nitrogens is 1. The lowest BCUT2D eigenvalue weighted by Gasteiger charge is -2.26. The van der Waals surface area contributed by atoms with Crippen molar-refractivity contribution in [1.82, 2.24) is 4.98 Å².